The number of ether oxygens (including phenoxy) is 4. The van der Waals surface area contributed by atoms with Crippen molar-refractivity contribution in [2.45, 2.75) is 20.1 Å². The van der Waals surface area contributed by atoms with Crippen LogP contribution in [0.4, 0.5) is 19.3 Å². The SMILES string of the molecule is CCOc1cc(CN(C)CC(=O)NC(=O)Nc2ccc3c(c2)OCO3)ccc1OC(F)F. The average molecular weight is 451 g/mol. The topological polar surface area (TPSA) is 98.4 Å². The van der Waals surface area contributed by atoms with E-state index in [1.54, 1.807) is 49.2 Å². The van der Waals surface area contributed by atoms with Crippen molar-refractivity contribution >= 4 is 17.6 Å². The van der Waals surface area contributed by atoms with Crippen LogP contribution in [0.15, 0.2) is 36.4 Å². The molecule has 172 valence electrons. The smallest absolute Gasteiger partial charge is 0.387 e. The van der Waals surface area contributed by atoms with Gasteiger partial charge in [-0.2, -0.15) is 8.78 Å². The van der Waals surface area contributed by atoms with Crippen molar-refractivity contribution in [1.82, 2.24) is 10.2 Å². The first-order valence-electron chi connectivity index (χ1n) is 9.73. The van der Waals surface area contributed by atoms with Gasteiger partial charge in [-0.15, -0.1) is 0 Å². The third-order valence-electron chi connectivity index (χ3n) is 4.27. The fourth-order valence-corrected chi connectivity index (χ4v) is 3.03. The van der Waals surface area contributed by atoms with Crippen molar-refractivity contribution in [2.75, 3.05) is 32.3 Å². The average Bonchev–Trinajstić information content (AvgIpc) is 3.17. The highest BCUT2D eigenvalue weighted by Gasteiger charge is 2.16. The van der Waals surface area contributed by atoms with Crippen LogP contribution in [0.3, 0.4) is 0 Å². The van der Waals surface area contributed by atoms with Crippen LogP contribution >= 0.6 is 0 Å². The summed E-state index contributed by atoms with van der Waals surface area (Å²) in [6, 6.07) is 8.75. The lowest BCUT2D eigenvalue weighted by Crippen LogP contribution is -2.40. The number of hydrogen-bond acceptors (Lipinski definition) is 7. The van der Waals surface area contributed by atoms with Crippen molar-refractivity contribution in [3.63, 3.8) is 0 Å². The van der Waals surface area contributed by atoms with Crippen molar-refractivity contribution in [3.05, 3.63) is 42.0 Å². The van der Waals surface area contributed by atoms with Crippen molar-refractivity contribution in [1.29, 1.82) is 0 Å². The summed E-state index contributed by atoms with van der Waals surface area (Å²) >= 11 is 0. The summed E-state index contributed by atoms with van der Waals surface area (Å²) in [4.78, 5) is 25.9. The molecule has 0 atom stereocenters. The maximum Gasteiger partial charge on any atom is 0.387 e. The maximum absolute atomic E-state index is 12.5. The minimum absolute atomic E-state index is 0.0637. The number of rotatable bonds is 9. The molecular formula is C21H23F2N3O6. The van der Waals surface area contributed by atoms with E-state index in [9.17, 15) is 18.4 Å². The van der Waals surface area contributed by atoms with E-state index in [1.807, 2.05) is 0 Å². The van der Waals surface area contributed by atoms with E-state index in [0.717, 1.165) is 5.56 Å². The molecule has 0 bridgehead atoms. The Balaban J connectivity index is 1.50. The number of alkyl halides is 2. The number of halogens is 2. The molecule has 0 radical (unpaired) electrons. The number of nitrogens with zero attached hydrogens (tertiary/aromatic N) is 1. The van der Waals surface area contributed by atoms with Crippen molar-refractivity contribution < 1.29 is 37.3 Å². The molecule has 0 aliphatic carbocycles. The minimum atomic E-state index is -2.96. The summed E-state index contributed by atoms with van der Waals surface area (Å²) < 4.78 is 45.3. The normalized spacial score (nSPS) is 12.1. The number of likely N-dealkylation sites (N-methyl/N-ethyl adjacent to an activating group) is 1. The minimum Gasteiger partial charge on any atom is -0.490 e. The molecule has 1 aliphatic heterocycles. The van der Waals surface area contributed by atoms with Gasteiger partial charge in [-0.3, -0.25) is 15.0 Å². The van der Waals surface area contributed by atoms with Gasteiger partial charge >= 0.3 is 12.6 Å². The molecule has 9 nitrogen and oxygen atoms in total. The number of fused-ring (bicyclic) bond motifs is 1. The lowest BCUT2D eigenvalue weighted by molar-refractivity contribution is -0.120. The first-order chi connectivity index (χ1) is 15.3. The number of anilines is 1. The molecule has 1 aliphatic rings. The fraction of sp³-hybridized carbons (Fsp3) is 0.333. The third-order valence-corrected chi connectivity index (χ3v) is 4.27. The number of imide groups is 1. The molecule has 3 amide bonds. The van der Waals surface area contributed by atoms with Crippen LogP contribution in [0, 0.1) is 0 Å². The van der Waals surface area contributed by atoms with Gasteiger partial charge in [0.2, 0.25) is 12.7 Å². The number of hydrogen-bond donors (Lipinski definition) is 2. The molecule has 0 spiro atoms. The molecule has 11 heteroatoms. The van der Waals surface area contributed by atoms with Gasteiger partial charge < -0.3 is 24.3 Å². The highest BCUT2D eigenvalue weighted by molar-refractivity contribution is 6.01. The van der Waals surface area contributed by atoms with E-state index < -0.39 is 18.5 Å². The Hall–Kier alpha value is -3.60. The standard InChI is InChI=1S/C21H23F2N3O6/c1-3-29-17-8-13(4-6-16(17)32-20(22)23)10-26(2)11-19(27)25-21(28)24-14-5-7-15-18(9-14)31-12-30-15/h4-9,20H,3,10-12H2,1-2H3,(H2,24,25,27,28). The zero-order valence-corrected chi connectivity index (χ0v) is 17.5. The highest BCUT2D eigenvalue weighted by atomic mass is 19.3. The van der Waals surface area contributed by atoms with Gasteiger partial charge in [-0.25, -0.2) is 4.79 Å². The van der Waals surface area contributed by atoms with E-state index in [2.05, 4.69) is 15.4 Å². The second-order valence-corrected chi connectivity index (χ2v) is 6.84. The third kappa shape index (κ3) is 6.45. The first kappa shape index (κ1) is 23.1. The number of amides is 3. The Bertz CT molecular complexity index is 973. The first-order valence-corrected chi connectivity index (χ1v) is 9.73. The van der Waals surface area contributed by atoms with E-state index in [4.69, 9.17) is 14.2 Å². The van der Waals surface area contributed by atoms with Crippen LogP contribution in [0.25, 0.3) is 0 Å². The van der Waals surface area contributed by atoms with Crippen LogP contribution in [-0.2, 0) is 11.3 Å². The van der Waals surface area contributed by atoms with Gasteiger partial charge in [0.15, 0.2) is 23.0 Å². The van der Waals surface area contributed by atoms with Crippen molar-refractivity contribution in [3.8, 4) is 23.0 Å². The summed E-state index contributed by atoms with van der Waals surface area (Å²) in [5.74, 6) is 0.686. The predicted octanol–water partition coefficient (Wildman–Crippen LogP) is 3.20. The Kier molecular flexibility index (Phi) is 7.66. The lowest BCUT2D eigenvalue weighted by atomic mass is 10.2. The molecule has 2 aromatic carbocycles. The van der Waals surface area contributed by atoms with Gasteiger partial charge in [0.05, 0.1) is 13.2 Å². The second kappa shape index (κ2) is 10.6. The van der Waals surface area contributed by atoms with Crippen LogP contribution < -0.4 is 29.6 Å². The van der Waals surface area contributed by atoms with Crippen LogP contribution in [0.5, 0.6) is 23.0 Å². The highest BCUT2D eigenvalue weighted by Crippen LogP contribution is 2.34. The van der Waals surface area contributed by atoms with E-state index in [0.29, 0.717) is 23.7 Å². The number of urea groups is 1. The van der Waals surface area contributed by atoms with Crippen molar-refractivity contribution in [2.24, 2.45) is 0 Å². The molecular weight excluding hydrogens is 428 g/mol. The summed E-state index contributed by atoms with van der Waals surface area (Å²) in [6.07, 6.45) is 0. The van der Waals surface area contributed by atoms with Crippen LogP contribution in [0.2, 0.25) is 0 Å². The molecule has 32 heavy (non-hydrogen) atoms. The summed E-state index contributed by atoms with van der Waals surface area (Å²) in [6.45, 7) is -0.608. The summed E-state index contributed by atoms with van der Waals surface area (Å²) in [5.41, 5.74) is 1.16. The molecule has 0 unspecified atom stereocenters. The molecule has 2 aromatic rings. The predicted molar refractivity (Wildman–Crippen MR) is 110 cm³/mol. The Morgan fingerprint density at radius 2 is 1.91 bits per heavy atom. The molecule has 2 N–H and O–H groups in total. The quantitative estimate of drug-likeness (QED) is 0.604. The van der Waals surface area contributed by atoms with Crippen LogP contribution in [0.1, 0.15) is 12.5 Å². The number of carbonyl (C=O) groups excluding carboxylic acids is 2. The van der Waals surface area contributed by atoms with Gasteiger partial charge in [-0.1, -0.05) is 6.07 Å². The molecule has 0 aromatic heterocycles. The van der Waals surface area contributed by atoms with Gasteiger partial charge in [0.1, 0.15) is 0 Å². The Morgan fingerprint density at radius 1 is 1.12 bits per heavy atom. The molecule has 1 heterocycles. The molecule has 0 saturated heterocycles. The maximum atomic E-state index is 12.5. The van der Waals surface area contributed by atoms with E-state index in [-0.39, 0.29) is 31.4 Å². The van der Waals surface area contributed by atoms with Crippen LogP contribution in [-0.4, -0.2) is 50.4 Å². The van der Waals surface area contributed by atoms with Gasteiger partial charge in [0, 0.05) is 18.3 Å². The summed E-state index contributed by atoms with van der Waals surface area (Å²) in [7, 11) is 1.68. The number of benzene rings is 2. The zero-order chi connectivity index (χ0) is 23.1. The zero-order valence-electron chi connectivity index (χ0n) is 17.5. The number of nitrogens with one attached hydrogen (secondary N) is 2. The molecule has 3 rings (SSSR count). The Labute approximate surface area is 183 Å². The van der Waals surface area contributed by atoms with E-state index in [1.165, 1.54) is 6.07 Å². The molecule has 0 fully saturated rings. The van der Waals surface area contributed by atoms with Gasteiger partial charge in [-0.05, 0) is 43.8 Å². The second-order valence-electron chi connectivity index (χ2n) is 6.84. The van der Waals surface area contributed by atoms with E-state index >= 15 is 0 Å². The largest absolute Gasteiger partial charge is 0.490 e. The molecule has 0 saturated carbocycles. The lowest BCUT2D eigenvalue weighted by Gasteiger charge is -2.18. The summed E-state index contributed by atoms with van der Waals surface area (Å²) in [5, 5.41) is 4.80. The fourth-order valence-electron chi connectivity index (χ4n) is 3.03. The monoisotopic (exact) mass is 451 g/mol. The Morgan fingerprint density at radius 3 is 2.66 bits per heavy atom. The van der Waals surface area contributed by atoms with Gasteiger partial charge in [0.25, 0.3) is 0 Å². The number of carbonyl (C=O) groups is 2.